The molecule has 1 fully saturated rings. The van der Waals surface area contributed by atoms with Gasteiger partial charge in [0.2, 0.25) is 0 Å². The second-order valence-electron chi connectivity index (χ2n) is 5.71. The van der Waals surface area contributed by atoms with Gasteiger partial charge in [-0.1, -0.05) is 19.1 Å². The van der Waals surface area contributed by atoms with E-state index in [0.29, 0.717) is 18.5 Å². The third-order valence-electron chi connectivity index (χ3n) is 4.46. The van der Waals surface area contributed by atoms with E-state index in [-0.39, 0.29) is 23.0 Å². The Kier molecular flexibility index (Phi) is 6.58. The van der Waals surface area contributed by atoms with Crippen LogP contribution in [0.2, 0.25) is 0 Å². The zero-order valence-electron chi connectivity index (χ0n) is 12.6. The lowest BCUT2D eigenvalue weighted by atomic mass is 9.90. The van der Waals surface area contributed by atoms with Gasteiger partial charge in [0.1, 0.15) is 0 Å². The Hall–Kier alpha value is -1.17. The van der Waals surface area contributed by atoms with Crippen LogP contribution in [0.1, 0.15) is 30.9 Å². The number of likely N-dealkylation sites (tertiary alicyclic amines) is 1. The highest BCUT2D eigenvalue weighted by Gasteiger charge is 2.28. The number of rotatable bonds is 4. The van der Waals surface area contributed by atoms with Gasteiger partial charge in [-0.25, -0.2) is 0 Å². The van der Waals surface area contributed by atoms with E-state index in [1.54, 1.807) is 12.1 Å². The monoisotopic (exact) mass is 313 g/mol. The maximum atomic E-state index is 11.0. The van der Waals surface area contributed by atoms with Crippen LogP contribution in [0.5, 0.6) is 0 Å². The van der Waals surface area contributed by atoms with Crippen molar-refractivity contribution in [1.82, 2.24) is 4.90 Å². The van der Waals surface area contributed by atoms with Gasteiger partial charge in [-0.05, 0) is 37.8 Å². The Balaban J connectivity index is 0.00000220. The van der Waals surface area contributed by atoms with Gasteiger partial charge < -0.3 is 5.73 Å². The van der Waals surface area contributed by atoms with E-state index >= 15 is 0 Å². The van der Waals surface area contributed by atoms with Crippen molar-refractivity contribution in [2.75, 3.05) is 13.1 Å². The molecule has 0 bridgehead atoms. The largest absolute Gasteiger partial charge is 0.329 e. The summed E-state index contributed by atoms with van der Waals surface area (Å²) < 4.78 is 0. The summed E-state index contributed by atoms with van der Waals surface area (Å²) in [5.41, 5.74) is 7.91. The minimum atomic E-state index is -0.307. The molecule has 118 valence electrons. The highest BCUT2D eigenvalue weighted by molar-refractivity contribution is 5.85. The lowest BCUT2D eigenvalue weighted by Crippen LogP contribution is -2.48. The average molecular weight is 314 g/mol. The standard InChI is InChI=1S/C15H23N3O2.ClH/c1-11-5-4-8-17(15(11)9-16)10-13-6-3-7-14(12(13)2)18(19)20;/h3,6-7,11,15H,4-5,8-10,16H2,1-2H3;1H. The molecule has 0 amide bonds. The summed E-state index contributed by atoms with van der Waals surface area (Å²) in [6.45, 7) is 6.49. The molecule has 21 heavy (non-hydrogen) atoms. The number of hydrogen-bond acceptors (Lipinski definition) is 4. The first-order valence-corrected chi connectivity index (χ1v) is 7.21. The summed E-state index contributed by atoms with van der Waals surface area (Å²) in [5.74, 6) is 0.591. The molecule has 6 heteroatoms. The molecule has 2 atom stereocenters. The molecule has 0 spiro atoms. The Morgan fingerprint density at radius 3 is 2.81 bits per heavy atom. The van der Waals surface area contributed by atoms with Gasteiger partial charge in [0.05, 0.1) is 4.92 Å². The van der Waals surface area contributed by atoms with Crippen molar-refractivity contribution in [3.63, 3.8) is 0 Å². The molecule has 0 saturated carbocycles. The summed E-state index contributed by atoms with van der Waals surface area (Å²) in [5, 5.41) is 11.0. The van der Waals surface area contributed by atoms with Crippen LogP contribution in [0, 0.1) is 23.0 Å². The van der Waals surface area contributed by atoms with Crippen LogP contribution < -0.4 is 5.73 Å². The minimum absolute atomic E-state index is 0. The molecule has 0 aliphatic carbocycles. The van der Waals surface area contributed by atoms with Gasteiger partial charge in [0, 0.05) is 30.8 Å². The Morgan fingerprint density at radius 2 is 2.19 bits per heavy atom. The first kappa shape index (κ1) is 17.9. The molecule has 0 aromatic heterocycles. The molecule has 1 aromatic rings. The molecular formula is C15H24ClN3O2. The molecule has 0 radical (unpaired) electrons. The maximum Gasteiger partial charge on any atom is 0.272 e. The third-order valence-corrected chi connectivity index (χ3v) is 4.46. The fourth-order valence-corrected chi connectivity index (χ4v) is 3.17. The molecule has 1 heterocycles. The van der Waals surface area contributed by atoms with Crippen molar-refractivity contribution >= 4 is 18.1 Å². The average Bonchev–Trinajstić information content (AvgIpc) is 2.41. The number of halogens is 1. The molecule has 2 unspecified atom stereocenters. The maximum absolute atomic E-state index is 11.0. The van der Waals surface area contributed by atoms with E-state index in [9.17, 15) is 10.1 Å². The van der Waals surface area contributed by atoms with E-state index in [1.807, 2.05) is 13.0 Å². The smallest absolute Gasteiger partial charge is 0.272 e. The first-order valence-electron chi connectivity index (χ1n) is 7.21. The van der Waals surface area contributed by atoms with Crippen LogP contribution in [0.15, 0.2) is 18.2 Å². The summed E-state index contributed by atoms with van der Waals surface area (Å²) in [6, 6.07) is 5.70. The number of hydrogen-bond donors (Lipinski definition) is 1. The van der Waals surface area contributed by atoms with Crippen molar-refractivity contribution in [1.29, 1.82) is 0 Å². The van der Waals surface area contributed by atoms with E-state index in [4.69, 9.17) is 5.73 Å². The zero-order chi connectivity index (χ0) is 14.7. The van der Waals surface area contributed by atoms with Gasteiger partial charge in [-0.2, -0.15) is 0 Å². The van der Waals surface area contributed by atoms with Gasteiger partial charge in [0.15, 0.2) is 0 Å². The van der Waals surface area contributed by atoms with Gasteiger partial charge in [-0.15, -0.1) is 12.4 Å². The van der Waals surface area contributed by atoms with Crippen LogP contribution in [0.3, 0.4) is 0 Å². The number of nitrogens with two attached hydrogens (primary N) is 1. The van der Waals surface area contributed by atoms with E-state index < -0.39 is 0 Å². The molecule has 1 aromatic carbocycles. The summed E-state index contributed by atoms with van der Waals surface area (Å²) in [6.07, 6.45) is 2.39. The number of nitro groups is 1. The van der Waals surface area contributed by atoms with Crippen LogP contribution >= 0.6 is 12.4 Å². The predicted octanol–water partition coefficient (Wildman–Crippen LogP) is 2.88. The summed E-state index contributed by atoms with van der Waals surface area (Å²) in [4.78, 5) is 13.1. The molecule has 1 aliphatic heterocycles. The fraction of sp³-hybridized carbons (Fsp3) is 0.600. The molecule has 2 N–H and O–H groups in total. The highest BCUT2D eigenvalue weighted by atomic mass is 35.5. The fourth-order valence-electron chi connectivity index (χ4n) is 3.17. The van der Waals surface area contributed by atoms with Crippen molar-refractivity contribution in [2.45, 2.75) is 39.3 Å². The second kappa shape index (κ2) is 7.73. The van der Waals surface area contributed by atoms with Crippen LogP contribution in [0.25, 0.3) is 0 Å². The van der Waals surface area contributed by atoms with Gasteiger partial charge in [0.25, 0.3) is 5.69 Å². The van der Waals surface area contributed by atoms with Crippen LogP contribution in [-0.4, -0.2) is 29.0 Å². The number of piperidine rings is 1. The van der Waals surface area contributed by atoms with Crippen LogP contribution in [-0.2, 0) is 6.54 Å². The normalized spacial score (nSPS) is 22.6. The van der Waals surface area contributed by atoms with Crippen molar-refractivity contribution in [2.24, 2.45) is 11.7 Å². The second-order valence-corrected chi connectivity index (χ2v) is 5.71. The van der Waals surface area contributed by atoms with Gasteiger partial charge >= 0.3 is 0 Å². The highest BCUT2D eigenvalue weighted by Crippen LogP contribution is 2.27. The van der Waals surface area contributed by atoms with Crippen molar-refractivity contribution < 1.29 is 4.92 Å². The first-order chi connectivity index (χ1) is 9.54. The number of nitro benzene ring substituents is 1. The molecular weight excluding hydrogens is 290 g/mol. The molecule has 5 nitrogen and oxygen atoms in total. The zero-order valence-corrected chi connectivity index (χ0v) is 13.4. The molecule has 1 saturated heterocycles. The third kappa shape index (κ3) is 3.93. The minimum Gasteiger partial charge on any atom is -0.329 e. The predicted molar refractivity (Wildman–Crippen MR) is 86.7 cm³/mol. The van der Waals surface area contributed by atoms with E-state index in [1.165, 1.54) is 12.8 Å². The Bertz CT molecular complexity index is 496. The number of nitrogens with zero attached hydrogens (tertiary/aromatic N) is 2. The summed E-state index contributed by atoms with van der Waals surface area (Å²) in [7, 11) is 0. The quantitative estimate of drug-likeness (QED) is 0.685. The molecule has 2 rings (SSSR count). The SMILES string of the molecule is Cc1c(CN2CCCC(C)C2CN)cccc1[N+](=O)[O-].Cl. The van der Waals surface area contributed by atoms with Crippen LogP contribution in [0.4, 0.5) is 5.69 Å². The molecule has 1 aliphatic rings. The lowest BCUT2D eigenvalue weighted by molar-refractivity contribution is -0.385. The lowest BCUT2D eigenvalue weighted by Gasteiger charge is -2.39. The summed E-state index contributed by atoms with van der Waals surface area (Å²) >= 11 is 0. The van der Waals surface area contributed by atoms with E-state index in [2.05, 4.69) is 11.8 Å². The number of benzene rings is 1. The van der Waals surface area contributed by atoms with E-state index in [0.717, 1.165) is 24.2 Å². The Morgan fingerprint density at radius 1 is 1.48 bits per heavy atom. The topological polar surface area (TPSA) is 72.4 Å². The van der Waals surface area contributed by atoms with Crippen molar-refractivity contribution in [3.05, 3.63) is 39.4 Å². The van der Waals surface area contributed by atoms with Gasteiger partial charge in [-0.3, -0.25) is 15.0 Å². The van der Waals surface area contributed by atoms with Crippen molar-refractivity contribution in [3.8, 4) is 0 Å². The Labute approximate surface area is 132 Å².